The quantitative estimate of drug-likeness (QED) is 0.121. The lowest BCUT2D eigenvalue weighted by Crippen LogP contribution is -2.54. The minimum Gasteiger partial charge on any atom is -0.381 e. The van der Waals surface area contributed by atoms with Crippen molar-refractivity contribution in [1.82, 2.24) is 35.5 Å². The molecule has 12 nitrogen and oxygen atoms in total. The topological polar surface area (TPSA) is 154 Å². The fourth-order valence-electron chi connectivity index (χ4n) is 4.32. The number of amides is 1. The van der Waals surface area contributed by atoms with E-state index in [9.17, 15) is 18.4 Å². The summed E-state index contributed by atoms with van der Waals surface area (Å²) < 4.78 is 35.1. The highest BCUT2D eigenvalue weighted by Crippen LogP contribution is 2.42. The number of halogens is 4. The third kappa shape index (κ3) is 5.10. The maximum Gasteiger partial charge on any atom is 0.265 e. The predicted molar refractivity (Wildman–Crippen MR) is 153 cm³/mol. The molecule has 1 aliphatic rings. The first-order valence-corrected chi connectivity index (χ1v) is 16.1. The number of hydroxylamine groups is 1. The van der Waals surface area contributed by atoms with E-state index in [4.69, 9.17) is 4.74 Å². The van der Waals surface area contributed by atoms with Gasteiger partial charge in [-0.15, -0.1) is 5.10 Å². The van der Waals surface area contributed by atoms with Crippen molar-refractivity contribution in [2.45, 2.75) is 35.4 Å². The molecule has 39 heavy (non-hydrogen) atoms. The number of nitrogens with one attached hydrogen (secondary N) is 1. The maximum absolute atomic E-state index is 13.4. The van der Waals surface area contributed by atoms with E-state index in [1.165, 1.54) is 22.3 Å². The van der Waals surface area contributed by atoms with Gasteiger partial charge in [-0.1, -0.05) is 5.21 Å². The molecular weight excluding hydrogens is 794 g/mol. The summed E-state index contributed by atoms with van der Waals surface area (Å²) in [7, 11) is -4.12. The normalized spacial score (nSPS) is 15.5. The van der Waals surface area contributed by atoms with E-state index in [0.717, 1.165) is 17.9 Å². The summed E-state index contributed by atoms with van der Waals surface area (Å²) in [6.07, 6.45) is 2.13. The molecular formula is C22H19Br4N7O5S. The maximum atomic E-state index is 13.4. The van der Waals surface area contributed by atoms with Crippen molar-refractivity contribution in [3.63, 3.8) is 0 Å². The summed E-state index contributed by atoms with van der Waals surface area (Å²) in [5, 5.41) is 26.7. The molecule has 2 N–H and O–H groups in total. The monoisotopic (exact) mass is 809 g/mol. The van der Waals surface area contributed by atoms with Crippen LogP contribution in [0.5, 0.6) is 0 Å². The molecule has 2 aromatic carbocycles. The Balaban J connectivity index is 1.33. The average molecular weight is 813 g/mol. The highest BCUT2D eigenvalue weighted by atomic mass is 79.9. The van der Waals surface area contributed by atoms with E-state index in [0.29, 0.717) is 35.4 Å². The van der Waals surface area contributed by atoms with Gasteiger partial charge < -0.3 is 4.74 Å². The fraction of sp³-hybridized carbons (Fsp3) is 0.318. The van der Waals surface area contributed by atoms with Crippen LogP contribution in [-0.2, 0) is 32.3 Å². The van der Waals surface area contributed by atoms with Gasteiger partial charge in [0, 0.05) is 28.6 Å². The van der Waals surface area contributed by atoms with Crippen molar-refractivity contribution >= 4 is 90.5 Å². The number of rotatable bonds is 7. The van der Waals surface area contributed by atoms with Gasteiger partial charge in [-0.3, -0.25) is 10.0 Å². The summed E-state index contributed by atoms with van der Waals surface area (Å²) in [5.74, 6) is -0.963. The van der Waals surface area contributed by atoms with Gasteiger partial charge in [0.05, 0.1) is 38.0 Å². The molecule has 3 heterocycles. The van der Waals surface area contributed by atoms with Crippen molar-refractivity contribution in [3.8, 4) is 5.69 Å². The summed E-state index contributed by atoms with van der Waals surface area (Å²) in [4.78, 5) is 14.0. The Kier molecular flexibility index (Phi) is 8.30. The predicted octanol–water partition coefficient (Wildman–Crippen LogP) is 4.13. The van der Waals surface area contributed by atoms with E-state index >= 15 is 0 Å². The van der Waals surface area contributed by atoms with Gasteiger partial charge in [0.25, 0.3) is 5.91 Å². The molecule has 4 aromatic rings. The van der Waals surface area contributed by atoms with Crippen LogP contribution < -0.4 is 5.48 Å². The van der Waals surface area contributed by atoms with Crippen LogP contribution in [0.15, 0.2) is 53.2 Å². The van der Waals surface area contributed by atoms with Gasteiger partial charge in [0.15, 0.2) is 14.6 Å². The Bertz CT molecular complexity index is 1620. The van der Waals surface area contributed by atoms with Gasteiger partial charge in [0.2, 0.25) is 0 Å². The lowest BCUT2D eigenvalue weighted by molar-refractivity contribution is -0.134. The number of carbonyl (C=O) groups excluding carboxylic acids is 1. The number of carbonyl (C=O) groups is 1. The van der Waals surface area contributed by atoms with Crippen LogP contribution in [0, 0.1) is 0 Å². The Hall–Kier alpha value is -1.76. The van der Waals surface area contributed by atoms with Crippen molar-refractivity contribution in [1.29, 1.82) is 0 Å². The summed E-state index contributed by atoms with van der Waals surface area (Å²) in [6.45, 7) is 0.651. The first-order valence-electron chi connectivity index (χ1n) is 11.4. The van der Waals surface area contributed by atoms with Crippen LogP contribution in [-0.4, -0.2) is 67.5 Å². The number of aromatic nitrogens is 6. The molecule has 0 spiro atoms. The van der Waals surface area contributed by atoms with E-state index in [1.807, 2.05) is 0 Å². The number of hydrogen-bond donors (Lipinski definition) is 2. The summed E-state index contributed by atoms with van der Waals surface area (Å²) in [6, 6.07) is 6.00. The average Bonchev–Trinajstić information content (AvgIpc) is 3.61. The molecule has 1 amide bonds. The van der Waals surface area contributed by atoms with Crippen molar-refractivity contribution in [2.75, 3.05) is 13.2 Å². The third-order valence-electron chi connectivity index (χ3n) is 6.50. The fourth-order valence-corrected chi connectivity index (χ4v) is 8.50. The van der Waals surface area contributed by atoms with E-state index in [1.54, 1.807) is 23.1 Å². The van der Waals surface area contributed by atoms with Crippen LogP contribution in [0.4, 0.5) is 0 Å². The number of hydrogen-bond acceptors (Lipinski definition) is 9. The summed E-state index contributed by atoms with van der Waals surface area (Å²) >= 11 is 14.1. The number of fused-ring (bicyclic) bond motifs is 1. The third-order valence-corrected chi connectivity index (χ3v) is 13.7. The molecule has 0 atom stereocenters. The molecule has 2 aromatic heterocycles. The molecule has 0 bridgehead atoms. The second kappa shape index (κ2) is 11.3. The molecule has 1 fully saturated rings. The highest BCUT2D eigenvalue weighted by molar-refractivity contribution is 9.15. The number of sulfone groups is 1. The lowest BCUT2D eigenvalue weighted by atomic mass is 9.98. The Morgan fingerprint density at radius 1 is 1.00 bits per heavy atom. The van der Waals surface area contributed by atoms with Gasteiger partial charge in [-0.05, 0) is 101 Å². The SMILES string of the molecule is O=C(NO)C1(S(=O)(=O)c2ccc(-n3cc(CCn4nc5c(Br)c(Br)c(Br)c(Br)c5n4)nn3)cc2)CCOCC1. The van der Waals surface area contributed by atoms with Gasteiger partial charge in [0.1, 0.15) is 11.0 Å². The van der Waals surface area contributed by atoms with Gasteiger partial charge in [-0.25, -0.2) is 18.6 Å². The largest absolute Gasteiger partial charge is 0.381 e. The second-order valence-corrected chi connectivity index (χ2v) is 14.1. The molecule has 17 heteroatoms. The lowest BCUT2D eigenvalue weighted by Gasteiger charge is -2.34. The zero-order valence-corrected chi connectivity index (χ0v) is 27.0. The molecule has 5 rings (SSSR count). The molecule has 0 radical (unpaired) electrons. The number of aryl methyl sites for hydroxylation is 2. The molecule has 1 aliphatic heterocycles. The van der Waals surface area contributed by atoms with Crippen LogP contribution in [0.1, 0.15) is 18.5 Å². The highest BCUT2D eigenvalue weighted by Gasteiger charge is 2.52. The van der Waals surface area contributed by atoms with E-state index < -0.39 is 20.5 Å². The number of benzene rings is 2. The van der Waals surface area contributed by atoms with Crippen LogP contribution in [0.2, 0.25) is 0 Å². The van der Waals surface area contributed by atoms with Crippen LogP contribution >= 0.6 is 63.7 Å². The van der Waals surface area contributed by atoms with Crippen molar-refractivity contribution < 1.29 is 23.2 Å². The molecule has 0 aliphatic carbocycles. The summed E-state index contributed by atoms with van der Waals surface area (Å²) in [5.41, 5.74) is 4.20. The zero-order valence-electron chi connectivity index (χ0n) is 19.8. The Labute approximate surface area is 255 Å². The number of nitrogens with zero attached hydrogens (tertiary/aromatic N) is 6. The number of ether oxygens (including phenoxy) is 1. The molecule has 0 unspecified atom stereocenters. The zero-order chi connectivity index (χ0) is 27.9. The van der Waals surface area contributed by atoms with E-state index in [-0.39, 0.29) is 31.0 Å². The minimum absolute atomic E-state index is 0.0375. The van der Waals surface area contributed by atoms with E-state index in [2.05, 4.69) is 84.2 Å². The Morgan fingerprint density at radius 2 is 1.59 bits per heavy atom. The van der Waals surface area contributed by atoms with Gasteiger partial charge in [-0.2, -0.15) is 15.0 Å². The van der Waals surface area contributed by atoms with Crippen LogP contribution in [0.25, 0.3) is 16.7 Å². The Morgan fingerprint density at radius 3 is 2.15 bits per heavy atom. The first kappa shape index (κ1) is 28.8. The molecule has 206 valence electrons. The molecule has 0 saturated carbocycles. The smallest absolute Gasteiger partial charge is 0.265 e. The first-order chi connectivity index (χ1) is 18.6. The standard InChI is InChI=1S/C22H19Br4N7O5S/c23-15-16(24)18(26)20-19(17(15)25)28-33(29-20)8-5-12-11-32(31-27-12)13-1-3-14(4-2-13)39(36,37)22(21(34)30-35)6-9-38-10-7-22/h1-4,11,35H,5-10H2,(H,30,34). The second-order valence-electron chi connectivity index (χ2n) is 8.70. The van der Waals surface area contributed by atoms with Crippen LogP contribution in [0.3, 0.4) is 0 Å². The van der Waals surface area contributed by atoms with Gasteiger partial charge >= 0.3 is 0 Å². The molecule has 1 saturated heterocycles. The minimum atomic E-state index is -4.12. The van der Waals surface area contributed by atoms with Crippen molar-refractivity contribution in [3.05, 3.63) is 54.0 Å². The van der Waals surface area contributed by atoms with Crippen molar-refractivity contribution in [2.24, 2.45) is 0 Å².